The highest BCUT2D eigenvalue weighted by Gasteiger charge is 2.25. The van der Waals surface area contributed by atoms with Crippen LogP contribution in [0, 0.1) is 0 Å². The highest BCUT2D eigenvalue weighted by molar-refractivity contribution is 5.68. The quantitative estimate of drug-likeness (QED) is 0.725. The third kappa shape index (κ3) is 2.72. The maximum atomic E-state index is 11.9. The van der Waals surface area contributed by atoms with Gasteiger partial charge < -0.3 is 9.64 Å². The number of H-pyrrole nitrogens is 1. The van der Waals surface area contributed by atoms with E-state index in [1.54, 1.807) is 9.47 Å². The molecule has 0 unspecified atom stereocenters. The van der Waals surface area contributed by atoms with E-state index in [0.717, 1.165) is 0 Å². The van der Waals surface area contributed by atoms with Gasteiger partial charge in [0.1, 0.15) is 11.4 Å². The number of rotatable bonds is 0. The standard InChI is InChI=1S/C11H18N4O3/c1-11(2,3)18-10(17)14-5-4-8-12-13-9(16)15(8)7-6-14/h4-7H2,1-3H3,(H,13,16). The maximum absolute atomic E-state index is 11.9. The minimum Gasteiger partial charge on any atom is -0.444 e. The van der Waals surface area contributed by atoms with Crippen LogP contribution in [0.4, 0.5) is 4.79 Å². The Morgan fingerprint density at radius 2 is 2.06 bits per heavy atom. The minimum absolute atomic E-state index is 0.226. The minimum atomic E-state index is -0.506. The molecule has 1 N–H and O–H groups in total. The third-order valence-corrected chi connectivity index (χ3v) is 2.69. The van der Waals surface area contributed by atoms with E-state index < -0.39 is 5.60 Å². The molecule has 7 nitrogen and oxygen atoms in total. The summed E-state index contributed by atoms with van der Waals surface area (Å²) in [5.74, 6) is 0.686. The van der Waals surface area contributed by atoms with Crippen molar-refractivity contribution in [3.05, 3.63) is 16.3 Å². The van der Waals surface area contributed by atoms with Gasteiger partial charge in [-0.3, -0.25) is 4.57 Å². The second-order valence-electron chi connectivity index (χ2n) is 5.31. The summed E-state index contributed by atoms with van der Waals surface area (Å²) < 4.78 is 6.87. The smallest absolute Gasteiger partial charge is 0.410 e. The van der Waals surface area contributed by atoms with E-state index in [1.165, 1.54) is 0 Å². The molecule has 0 atom stereocenters. The van der Waals surface area contributed by atoms with Gasteiger partial charge in [-0.05, 0) is 20.8 Å². The first-order valence-corrected chi connectivity index (χ1v) is 5.99. The number of nitrogens with zero attached hydrogens (tertiary/aromatic N) is 3. The molecule has 0 fully saturated rings. The highest BCUT2D eigenvalue weighted by Crippen LogP contribution is 2.12. The lowest BCUT2D eigenvalue weighted by Crippen LogP contribution is -2.38. The van der Waals surface area contributed by atoms with Gasteiger partial charge in [0.25, 0.3) is 0 Å². The largest absolute Gasteiger partial charge is 0.444 e. The van der Waals surface area contributed by atoms with Crippen molar-refractivity contribution in [2.75, 3.05) is 13.1 Å². The molecule has 18 heavy (non-hydrogen) atoms. The molecule has 0 spiro atoms. The van der Waals surface area contributed by atoms with Crippen LogP contribution in [-0.4, -0.2) is 44.4 Å². The number of amides is 1. The normalized spacial score (nSPS) is 16.1. The van der Waals surface area contributed by atoms with Gasteiger partial charge in [-0.1, -0.05) is 0 Å². The Labute approximate surface area is 105 Å². The molecule has 0 saturated heterocycles. The van der Waals surface area contributed by atoms with E-state index in [4.69, 9.17) is 4.74 Å². The fourth-order valence-corrected chi connectivity index (χ4v) is 1.85. The van der Waals surface area contributed by atoms with Crippen LogP contribution in [0.1, 0.15) is 26.6 Å². The number of ether oxygens (including phenoxy) is 1. The SMILES string of the molecule is CC(C)(C)OC(=O)N1CCc2n[nH]c(=O)n2CC1. The number of nitrogens with one attached hydrogen (secondary N) is 1. The fourth-order valence-electron chi connectivity index (χ4n) is 1.85. The van der Waals surface area contributed by atoms with Crippen molar-refractivity contribution in [1.29, 1.82) is 0 Å². The van der Waals surface area contributed by atoms with Gasteiger partial charge in [-0.2, -0.15) is 5.10 Å². The number of carbonyl (C=O) groups excluding carboxylic acids is 1. The summed E-state index contributed by atoms with van der Waals surface area (Å²) in [5.41, 5.74) is -0.731. The third-order valence-electron chi connectivity index (χ3n) is 2.69. The average molecular weight is 254 g/mol. The Morgan fingerprint density at radius 3 is 2.72 bits per heavy atom. The van der Waals surface area contributed by atoms with Crippen molar-refractivity contribution in [1.82, 2.24) is 19.7 Å². The Balaban J connectivity index is 2.04. The number of carbonyl (C=O) groups is 1. The molecule has 1 aliphatic rings. The molecule has 7 heteroatoms. The molecule has 1 amide bonds. The molecule has 1 aromatic rings. The molecule has 0 bridgehead atoms. The lowest BCUT2D eigenvalue weighted by Gasteiger charge is -2.26. The zero-order chi connectivity index (χ0) is 13.3. The Hall–Kier alpha value is -1.79. The van der Waals surface area contributed by atoms with E-state index in [9.17, 15) is 9.59 Å². The zero-order valence-corrected chi connectivity index (χ0v) is 10.9. The summed E-state index contributed by atoms with van der Waals surface area (Å²) in [5, 5.41) is 6.34. The number of hydrogen-bond acceptors (Lipinski definition) is 4. The van der Waals surface area contributed by atoms with E-state index >= 15 is 0 Å². The zero-order valence-electron chi connectivity index (χ0n) is 10.9. The summed E-state index contributed by atoms with van der Waals surface area (Å²) in [6.07, 6.45) is 0.211. The number of aromatic amines is 1. The fraction of sp³-hybridized carbons (Fsp3) is 0.727. The number of aromatic nitrogens is 3. The molecule has 100 valence electrons. The van der Waals surface area contributed by atoms with Crippen LogP contribution in [0.15, 0.2) is 4.79 Å². The van der Waals surface area contributed by atoms with Gasteiger partial charge in [0.2, 0.25) is 0 Å². The van der Waals surface area contributed by atoms with Crippen LogP contribution in [-0.2, 0) is 17.7 Å². The molecular weight excluding hydrogens is 236 g/mol. The van der Waals surface area contributed by atoms with Crippen LogP contribution in [0.25, 0.3) is 0 Å². The van der Waals surface area contributed by atoms with Gasteiger partial charge in [0.15, 0.2) is 0 Å². The van der Waals surface area contributed by atoms with Gasteiger partial charge >= 0.3 is 11.8 Å². The van der Waals surface area contributed by atoms with Crippen molar-refractivity contribution >= 4 is 6.09 Å². The average Bonchev–Trinajstić information content (AvgIpc) is 2.48. The molecule has 0 aromatic carbocycles. The summed E-state index contributed by atoms with van der Waals surface area (Å²) in [7, 11) is 0. The molecule has 2 heterocycles. The molecular formula is C11H18N4O3. The molecule has 0 saturated carbocycles. The monoisotopic (exact) mass is 254 g/mol. The predicted molar refractivity (Wildman–Crippen MR) is 64.4 cm³/mol. The molecule has 1 aromatic heterocycles. The molecule has 1 aliphatic heterocycles. The summed E-state index contributed by atoms with van der Waals surface area (Å²) in [4.78, 5) is 25.0. The second-order valence-corrected chi connectivity index (χ2v) is 5.31. The van der Waals surface area contributed by atoms with Crippen molar-refractivity contribution < 1.29 is 9.53 Å². The van der Waals surface area contributed by atoms with Crippen LogP contribution in [0.5, 0.6) is 0 Å². The van der Waals surface area contributed by atoms with Crippen molar-refractivity contribution in [2.24, 2.45) is 0 Å². The molecule has 2 rings (SSSR count). The highest BCUT2D eigenvalue weighted by atomic mass is 16.6. The lowest BCUT2D eigenvalue weighted by atomic mass is 10.2. The topological polar surface area (TPSA) is 80.2 Å². The molecule has 0 aliphatic carbocycles. The summed E-state index contributed by atoms with van der Waals surface area (Å²) >= 11 is 0. The van der Waals surface area contributed by atoms with Gasteiger partial charge in [0.05, 0.1) is 0 Å². The van der Waals surface area contributed by atoms with Crippen LogP contribution >= 0.6 is 0 Å². The second kappa shape index (κ2) is 4.47. The first-order chi connectivity index (χ1) is 8.37. The Kier molecular flexibility index (Phi) is 3.14. The van der Waals surface area contributed by atoms with Crippen LogP contribution in [0.3, 0.4) is 0 Å². The van der Waals surface area contributed by atoms with E-state index in [2.05, 4.69) is 10.2 Å². The summed E-state index contributed by atoms with van der Waals surface area (Å²) in [6.45, 7) is 6.92. The first kappa shape index (κ1) is 12.7. The van der Waals surface area contributed by atoms with Gasteiger partial charge in [-0.15, -0.1) is 0 Å². The Bertz CT molecular complexity index is 497. The van der Waals surface area contributed by atoms with Crippen LogP contribution in [0.2, 0.25) is 0 Å². The van der Waals surface area contributed by atoms with E-state index in [0.29, 0.717) is 31.9 Å². The first-order valence-electron chi connectivity index (χ1n) is 5.99. The van der Waals surface area contributed by atoms with Gasteiger partial charge in [-0.25, -0.2) is 14.7 Å². The van der Waals surface area contributed by atoms with Crippen molar-refractivity contribution in [2.45, 2.75) is 39.3 Å². The van der Waals surface area contributed by atoms with E-state index in [-0.39, 0.29) is 11.8 Å². The summed E-state index contributed by atoms with van der Waals surface area (Å²) in [6, 6.07) is 0. The maximum Gasteiger partial charge on any atom is 0.410 e. The number of hydrogen-bond donors (Lipinski definition) is 1. The molecule has 0 radical (unpaired) electrons. The lowest BCUT2D eigenvalue weighted by molar-refractivity contribution is 0.0253. The Morgan fingerprint density at radius 1 is 1.33 bits per heavy atom. The van der Waals surface area contributed by atoms with Crippen molar-refractivity contribution in [3.8, 4) is 0 Å². The van der Waals surface area contributed by atoms with Crippen molar-refractivity contribution in [3.63, 3.8) is 0 Å². The van der Waals surface area contributed by atoms with E-state index in [1.807, 2.05) is 20.8 Å². The number of fused-ring (bicyclic) bond motifs is 1. The van der Waals surface area contributed by atoms with Crippen LogP contribution < -0.4 is 5.69 Å². The van der Waals surface area contributed by atoms with Gasteiger partial charge in [0, 0.05) is 26.1 Å². The predicted octanol–water partition coefficient (Wildman–Crippen LogP) is 0.365.